The van der Waals surface area contributed by atoms with Crippen LogP contribution in [0, 0.1) is 0 Å². The summed E-state index contributed by atoms with van der Waals surface area (Å²) in [4.78, 5) is 18.6. The maximum absolute atomic E-state index is 10.9. The van der Waals surface area contributed by atoms with Crippen molar-refractivity contribution in [2.75, 3.05) is 7.05 Å². The van der Waals surface area contributed by atoms with Crippen molar-refractivity contribution in [3.8, 4) is 0 Å². The number of hydrogen-bond donors (Lipinski definition) is 3. The Morgan fingerprint density at radius 2 is 2.25 bits per heavy atom. The highest BCUT2D eigenvalue weighted by molar-refractivity contribution is 6.43. The van der Waals surface area contributed by atoms with Crippen molar-refractivity contribution < 1.29 is 4.79 Å². The average molecular weight is 262 g/mol. The monoisotopic (exact) mass is 261 g/mol. The molecule has 2 amide bonds. The third-order valence-corrected chi connectivity index (χ3v) is 2.30. The van der Waals surface area contributed by atoms with Gasteiger partial charge in [-0.15, -0.1) is 0 Å². The molecule has 0 spiro atoms. The van der Waals surface area contributed by atoms with Crippen LogP contribution in [0.4, 0.5) is 10.6 Å². The summed E-state index contributed by atoms with van der Waals surface area (Å²) < 4.78 is 0. The molecule has 0 aliphatic carbocycles. The van der Waals surface area contributed by atoms with Crippen molar-refractivity contribution in [2.24, 2.45) is 10.7 Å². The van der Waals surface area contributed by atoms with Crippen LogP contribution in [0.5, 0.6) is 0 Å². The highest BCUT2D eigenvalue weighted by Crippen LogP contribution is 2.29. The van der Waals surface area contributed by atoms with Crippen LogP contribution < -0.4 is 16.4 Å². The number of hydrogen-bond acceptors (Lipinski definition) is 3. The minimum absolute atomic E-state index is 0.129. The average Bonchev–Trinajstić information content (AvgIpc) is 2.24. The van der Waals surface area contributed by atoms with Gasteiger partial charge in [-0.1, -0.05) is 23.2 Å². The van der Waals surface area contributed by atoms with Crippen LogP contribution in [0.25, 0.3) is 0 Å². The van der Waals surface area contributed by atoms with Gasteiger partial charge in [-0.2, -0.15) is 4.99 Å². The summed E-state index contributed by atoms with van der Waals surface area (Å²) >= 11 is 11.6. The SMILES string of the molecule is CNC(=O)NC(N)=Nc1nccc(Cl)c1Cl. The fourth-order valence-corrected chi connectivity index (χ4v) is 1.10. The van der Waals surface area contributed by atoms with Gasteiger partial charge in [-0.3, -0.25) is 5.32 Å². The van der Waals surface area contributed by atoms with Crippen molar-refractivity contribution in [3.05, 3.63) is 22.3 Å². The molecule has 0 saturated heterocycles. The number of guanidine groups is 1. The standard InChI is InChI=1S/C8H9Cl2N5O/c1-12-8(16)15-7(11)14-6-5(10)4(9)2-3-13-6/h2-3H,1H3,(H4,11,12,13,14,15,16). The Hall–Kier alpha value is -1.53. The summed E-state index contributed by atoms with van der Waals surface area (Å²) in [6.45, 7) is 0. The van der Waals surface area contributed by atoms with E-state index in [0.29, 0.717) is 5.02 Å². The molecule has 0 aromatic carbocycles. The first-order valence-electron chi connectivity index (χ1n) is 4.17. The molecule has 0 fully saturated rings. The summed E-state index contributed by atoms with van der Waals surface area (Å²) in [7, 11) is 1.45. The van der Waals surface area contributed by atoms with Crippen molar-refractivity contribution in [1.29, 1.82) is 0 Å². The summed E-state index contributed by atoms with van der Waals surface area (Å²) in [5.74, 6) is 0.0130. The van der Waals surface area contributed by atoms with Crippen LogP contribution in [0.15, 0.2) is 17.3 Å². The first-order chi connectivity index (χ1) is 7.54. The van der Waals surface area contributed by atoms with Crippen molar-refractivity contribution in [2.45, 2.75) is 0 Å². The number of halogens is 2. The van der Waals surface area contributed by atoms with Crippen LogP contribution >= 0.6 is 23.2 Å². The number of nitrogens with two attached hydrogens (primary N) is 1. The number of nitrogens with one attached hydrogen (secondary N) is 2. The predicted molar refractivity (Wildman–Crippen MR) is 63.1 cm³/mol. The lowest BCUT2D eigenvalue weighted by atomic mass is 10.4. The molecule has 1 aromatic heterocycles. The first-order valence-corrected chi connectivity index (χ1v) is 4.93. The van der Waals surface area contributed by atoms with E-state index in [2.05, 4.69) is 20.6 Å². The summed E-state index contributed by atoms with van der Waals surface area (Å²) in [5.41, 5.74) is 5.44. The zero-order valence-electron chi connectivity index (χ0n) is 8.29. The molecule has 0 bridgehead atoms. The highest BCUT2D eigenvalue weighted by atomic mass is 35.5. The number of pyridine rings is 1. The molecule has 8 heteroatoms. The van der Waals surface area contributed by atoms with Crippen LogP contribution in [-0.4, -0.2) is 24.0 Å². The molecule has 0 atom stereocenters. The van der Waals surface area contributed by atoms with Gasteiger partial charge in [0, 0.05) is 13.2 Å². The molecule has 0 aliphatic heterocycles. The lowest BCUT2D eigenvalue weighted by Gasteiger charge is -2.03. The second-order valence-corrected chi connectivity index (χ2v) is 3.42. The zero-order chi connectivity index (χ0) is 12.1. The van der Waals surface area contributed by atoms with Gasteiger partial charge in [-0.05, 0) is 6.07 Å². The lowest BCUT2D eigenvalue weighted by Crippen LogP contribution is -2.41. The fraction of sp³-hybridized carbons (Fsp3) is 0.125. The largest absolute Gasteiger partial charge is 0.369 e. The van der Waals surface area contributed by atoms with Crippen molar-refractivity contribution in [3.63, 3.8) is 0 Å². The number of aromatic nitrogens is 1. The molecule has 1 rings (SSSR count). The number of nitrogens with zero attached hydrogens (tertiary/aromatic N) is 2. The first kappa shape index (κ1) is 12.5. The van der Waals surface area contributed by atoms with Gasteiger partial charge in [0.1, 0.15) is 5.02 Å². The van der Waals surface area contributed by atoms with Gasteiger partial charge < -0.3 is 11.1 Å². The van der Waals surface area contributed by atoms with Crippen molar-refractivity contribution in [1.82, 2.24) is 15.6 Å². The molecule has 86 valence electrons. The fourth-order valence-electron chi connectivity index (χ4n) is 0.809. The second-order valence-electron chi connectivity index (χ2n) is 2.63. The number of carbonyl (C=O) groups excluding carboxylic acids is 1. The normalized spacial score (nSPS) is 11.1. The summed E-state index contributed by atoms with van der Waals surface area (Å²) in [6.07, 6.45) is 1.43. The Morgan fingerprint density at radius 3 is 2.88 bits per heavy atom. The third kappa shape index (κ3) is 3.25. The Balaban J connectivity index is 2.90. The molecule has 1 heterocycles. The maximum atomic E-state index is 10.9. The van der Waals surface area contributed by atoms with E-state index in [1.807, 2.05) is 0 Å². The molecule has 4 N–H and O–H groups in total. The van der Waals surface area contributed by atoms with E-state index < -0.39 is 6.03 Å². The van der Waals surface area contributed by atoms with Gasteiger partial charge in [0.25, 0.3) is 0 Å². The van der Waals surface area contributed by atoms with Gasteiger partial charge in [0.2, 0.25) is 5.96 Å². The van der Waals surface area contributed by atoms with E-state index in [1.54, 1.807) is 0 Å². The maximum Gasteiger partial charge on any atom is 0.321 e. The Kier molecular flexibility index (Phi) is 4.33. The molecule has 6 nitrogen and oxygen atoms in total. The Bertz CT molecular complexity index is 434. The number of aliphatic imine (C=N–C) groups is 1. The second kappa shape index (κ2) is 5.53. The van der Waals surface area contributed by atoms with E-state index in [-0.39, 0.29) is 16.8 Å². The summed E-state index contributed by atoms with van der Waals surface area (Å²) in [6, 6.07) is 1.03. The topological polar surface area (TPSA) is 92.4 Å². The minimum Gasteiger partial charge on any atom is -0.369 e. The predicted octanol–water partition coefficient (Wildman–Crippen LogP) is 1.26. The van der Waals surface area contributed by atoms with Crippen LogP contribution in [0.1, 0.15) is 0 Å². The molecule has 16 heavy (non-hydrogen) atoms. The van der Waals surface area contributed by atoms with Gasteiger partial charge >= 0.3 is 6.03 Å². The van der Waals surface area contributed by atoms with Gasteiger partial charge in [0.15, 0.2) is 5.82 Å². The summed E-state index contributed by atoms with van der Waals surface area (Å²) in [5, 5.41) is 5.06. The van der Waals surface area contributed by atoms with E-state index in [1.165, 1.54) is 19.3 Å². The number of amides is 2. The van der Waals surface area contributed by atoms with E-state index in [0.717, 1.165) is 0 Å². The molecular weight excluding hydrogens is 253 g/mol. The Morgan fingerprint density at radius 1 is 1.56 bits per heavy atom. The van der Waals surface area contributed by atoms with E-state index >= 15 is 0 Å². The van der Waals surface area contributed by atoms with E-state index in [9.17, 15) is 4.79 Å². The molecular formula is C8H9Cl2N5O. The lowest BCUT2D eigenvalue weighted by molar-refractivity contribution is 0.247. The molecule has 0 unspecified atom stereocenters. The zero-order valence-corrected chi connectivity index (χ0v) is 9.80. The van der Waals surface area contributed by atoms with Crippen LogP contribution in [0.2, 0.25) is 10.0 Å². The molecule has 0 aliphatic rings. The highest BCUT2D eigenvalue weighted by Gasteiger charge is 2.06. The van der Waals surface area contributed by atoms with Gasteiger partial charge in [-0.25, -0.2) is 9.78 Å². The smallest absolute Gasteiger partial charge is 0.321 e. The number of urea groups is 1. The van der Waals surface area contributed by atoms with Crippen LogP contribution in [-0.2, 0) is 0 Å². The molecule has 1 aromatic rings. The quantitative estimate of drug-likeness (QED) is 0.525. The number of carbonyl (C=O) groups is 1. The number of rotatable bonds is 1. The van der Waals surface area contributed by atoms with Crippen molar-refractivity contribution >= 4 is 41.0 Å². The van der Waals surface area contributed by atoms with Gasteiger partial charge in [0.05, 0.1) is 5.02 Å². The Labute approximate surface area is 102 Å². The minimum atomic E-state index is -0.487. The molecule has 0 saturated carbocycles. The van der Waals surface area contributed by atoms with Crippen LogP contribution in [0.3, 0.4) is 0 Å². The van der Waals surface area contributed by atoms with E-state index in [4.69, 9.17) is 28.9 Å². The third-order valence-electron chi connectivity index (χ3n) is 1.52. The molecule has 0 radical (unpaired) electrons.